The van der Waals surface area contributed by atoms with Crippen molar-refractivity contribution in [2.45, 2.75) is 76.2 Å². The number of hydrogen-bond donors (Lipinski definition) is 4. The van der Waals surface area contributed by atoms with Crippen molar-refractivity contribution < 1.29 is 45.8 Å². The van der Waals surface area contributed by atoms with Crippen molar-refractivity contribution in [1.29, 1.82) is 0 Å². The topological polar surface area (TPSA) is 132 Å². The maximum absolute atomic E-state index is 13.2. The summed E-state index contributed by atoms with van der Waals surface area (Å²) < 4.78 is 67.8. The molecule has 0 spiro atoms. The fraction of sp³-hybridized carbons (Fsp3) is 0.548. The Balaban J connectivity index is 0.000000444. The van der Waals surface area contributed by atoms with Crippen LogP contribution >= 0.6 is 22.7 Å². The second-order valence-corrected chi connectivity index (χ2v) is 13.2. The van der Waals surface area contributed by atoms with E-state index < -0.39 is 23.9 Å². The number of thiophene rings is 1. The molecule has 0 radical (unpaired) electrons. The average molecular weight is 725 g/mol. The molecule has 48 heavy (non-hydrogen) atoms. The number of amides is 1. The Hall–Kier alpha value is -3.28. The van der Waals surface area contributed by atoms with E-state index in [1.165, 1.54) is 30.6 Å². The van der Waals surface area contributed by atoms with Gasteiger partial charge in [0.1, 0.15) is 11.3 Å². The number of thiazole rings is 1. The highest BCUT2D eigenvalue weighted by Crippen LogP contribution is 2.28. The van der Waals surface area contributed by atoms with Crippen LogP contribution in [0.1, 0.15) is 55.4 Å². The van der Waals surface area contributed by atoms with Gasteiger partial charge in [-0.25, -0.2) is 0 Å². The van der Waals surface area contributed by atoms with Gasteiger partial charge in [0.25, 0.3) is 0 Å². The number of nitrogens with one attached hydrogen (secondary N) is 3. The lowest BCUT2D eigenvalue weighted by atomic mass is 10.1. The number of hydrogen-bond acceptors (Lipinski definition) is 9. The fourth-order valence-electron chi connectivity index (χ4n) is 5.29. The van der Waals surface area contributed by atoms with Gasteiger partial charge in [-0.05, 0) is 61.8 Å². The summed E-state index contributed by atoms with van der Waals surface area (Å²) >= 11 is 2.92. The van der Waals surface area contributed by atoms with Crippen LogP contribution in [0.5, 0.6) is 5.75 Å². The molecular formula is C31H38F6N4O5S2. The number of benzene rings is 1. The normalized spacial score (nSPS) is 14.3. The summed E-state index contributed by atoms with van der Waals surface area (Å²) in [5.41, 5.74) is 1.57. The van der Waals surface area contributed by atoms with E-state index in [1.54, 1.807) is 17.4 Å². The number of fused-ring (bicyclic) bond motifs is 1. The minimum Gasteiger partial charge on any atom is -0.506 e. The fourth-order valence-corrected chi connectivity index (χ4v) is 6.89. The molecule has 1 aliphatic carbocycles. The third-order valence-corrected chi connectivity index (χ3v) is 9.58. The Morgan fingerprint density at radius 1 is 0.875 bits per heavy atom. The first kappa shape index (κ1) is 39.2. The molecule has 266 valence electrons. The number of halogens is 6. The number of Topliss-reactive ketones (excluding diaryl/α,β-unsaturated/α-hetero) is 2. The number of rotatable bonds is 14. The molecule has 2 heterocycles. The van der Waals surface area contributed by atoms with Crippen LogP contribution in [-0.4, -0.2) is 83.6 Å². The maximum atomic E-state index is 13.2. The van der Waals surface area contributed by atoms with Crippen LogP contribution < -0.4 is 15.5 Å². The summed E-state index contributed by atoms with van der Waals surface area (Å²) in [6, 6.07) is 8.11. The van der Waals surface area contributed by atoms with Gasteiger partial charge in [-0.2, -0.15) is 26.3 Å². The smallest absolute Gasteiger partial charge is 0.458 e. The first-order valence-electron chi connectivity index (χ1n) is 15.5. The van der Waals surface area contributed by atoms with Crippen LogP contribution in [0.3, 0.4) is 0 Å². The zero-order valence-corrected chi connectivity index (χ0v) is 27.6. The number of carbonyl (C=O) groups is 3. The highest BCUT2D eigenvalue weighted by molar-refractivity contribution is 7.16. The molecule has 3 aromatic rings. The predicted molar refractivity (Wildman–Crippen MR) is 172 cm³/mol. The van der Waals surface area contributed by atoms with E-state index in [0.717, 1.165) is 80.0 Å². The van der Waals surface area contributed by atoms with E-state index in [0.29, 0.717) is 18.0 Å². The number of aromatic nitrogens is 1. The van der Waals surface area contributed by atoms with Crippen LogP contribution in [0.25, 0.3) is 10.2 Å². The lowest BCUT2D eigenvalue weighted by Crippen LogP contribution is -2.45. The Kier molecular flexibility index (Phi) is 15.1. The average Bonchev–Trinajstić information content (AvgIpc) is 3.61. The number of nitrogens with zero attached hydrogens (tertiary/aromatic N) is 1. The van der Waals surface area contributed by atoms with Gasteiger partial charge < -0.3 is 25.6 Å². The van der Waals surface area contributed by atoms with E-state index in [1.807, 2.05) is 6.07 Å². The third-order valence-electron chi connectivity index (χ3n) is 7.69. The number of ketones is 2. The Morgan fingerprint density at radius 3 is 2.10 bits per heavy atom. The molecular weight excluding hydrogens is 686 g/mol. The number of alkyl halides is 6. The SMILES string of the molecule is O=C(C(=O)C(F)(F)F)C(F)(F)F.O=C(CCNCCc1cccs1)N(CCNCCc1ccc(O)c2[nH]c(=O)sc12)C1CCCCCC1. The van der Waals surface area contributed by atoms with Crippen molar-refractivity contribution in [2.75, 3.05) is 32.7 Å². The number of phenolic OH excluding ortho intramolecular Hbond substituents is 1. The van der Waals surface area contributed by atoms with E-state index in [2.05, 4.69) is 38.0 Å². The number of phenols is 1. The van der Waals surface area contributed by atoms with Crippen LogP contribution in [0, 0.1) is 0 Å². The first-order valence-corrected chi connectivity index (χ1v) is 17.2. The minimum atomic E-state index is -5.77. The molecule has 4 N–H and O–H groups in total. The second-order valence-electron chi connectivity index (χ2n) is 11.2. The minimum absolute atomic E-state index is 0.110. The van der Waals surface area contributed by atoms with E-state index in [-0.39, 0.29) is 16.5 Å². The van der Waals surface area contributed by atoms with Crippen LogP contribution in [-0.2, 0) is 27.2 Å². The van der Waals surface area contributed by atoms with Crippen LogP contribution in [0.2, 0.25) is 0 Å². The quantitative estimate of drug-likeness (QED) is 0.0747. The molecule has 0 unspecified atom stereocenters. The third kappa shape index (κ3) is 12.3. The zero-order valence-electron chi connectivity index (χ0n) is 26.0. The monoisotopic (exact) mass is 724 g/mol. The Labute approximate surface area is 280 Å². The van der Waals surface area contributed by atoms with E-state index in [4.69, 9.17) is 0 Å². The molecule has 0 saturated heterocycles. The van der Waals surface area contributed by atoms with Gasteiger partial charge in [0, 0.05) is 37.0 Å². The van der Waals surface area contributed by atoms with Crippen molar-refractivity contribution in [1.82, 2.24) is 20.5 Å². The number of aromatic amines is 1. The van der Waals surface area contributed by atoms with Crippen molar-refractivity contribution >= 4 is 50.4 Å². The van der Waals surface area contributed by atoms with Gasteiger partial charge >= 0.3 is 28.8 Å². The molecule has 1 fully saturated rings. The Morgan fingerprint density at radius 2 is 1.50 bits per heavy atom. The molecule has 0 bridgehead atoms. The van der Waals surface area contributed by atoms with Crippen LogP contribution in [0.15, 0.2) is 34.4 Å². The molecule has 17 heteroatoms. The van der Waals surface area contributed by atoms with Gasteiger partial charge in [-0.3, -0.25) is 19.2 Å². The summed E-state index contributed by atoms with van der Waals surface area (Å²) in [6.45, 7) is 3.85. The lowest BCUT2D eigenvalue weighted by Gasteiger charge is -2.32. The van der Waals surface area contributed by atoms with Crippen molar-refractivity contribution in [3.05, 3.63) is 49.8 Å². The molecule has 1 saturated carbocycles. The largest absolute Gasteiger partial charge is 0.506 e. The molecule has 1 aliphatic rings. The maximum Gasteiger partial charge on any atom is 0.458 e. The van der Waals surface area contributed by atoms with Gasteiger partial charge in [0.15, 0.2) is 0 Å². The number of H-pyrrole nitrogens is 1. The lowest BCUT2D eigenvalue weighted by molar-refractivity contribution is -0.193. The molecule has 4 rings (SSSR count). The summed E-state index contributed by atoms with van der Waals surface area (Å²) in [5.74, 6) is -6.45. The molecule has 1 amide bonds. The van der Waals surface area contributed by atoms with Gasteiger partial charge in [0.2, 0.25) is 5.91 Å². The second kappa shape index (κ2) is 18.5. The van der Waals surface area contributed by atoms with Gasteiger partial charge in [-0.1, -0.05) is 49.2 Å². The molecule has 0 aliphatic heterocycles. The molecule has 0 atom stereocenters. The molecule has 1 aromatic carbocycles. The molecule has 9 nitrogen and oxygen atoms in total. The zero-order chi connectivity index (χ0) is 35.3. The van der Waals surface area contributed by atoms with Crippen molar-refractivity contribution in [3.63, 3.8) is 0 Å². The first-order chi connectivity index (χ1) is 22.7. The number of carbonyl (C=O) groups excluding carboxylic acids is 3. The summed E-state index contributed by atoms with van der Waals surface area (Å²) in [7, 11) is 0. The van der Waals surface area contributed by atoms with Crippen molar-refractivity contribution in [3.8, 4) is 5.75 Å². The van der Waals surface area contributed by atoms with Gasteiger partial charge in [0.05, 0.1) is 4.70 Å². The van der Waals surface area contributed by atoms with E-state index >= 15 is 0 Å². The van der Waals surface area contributed by atoms with E-state index in [9.17, 15) is 50.6 Å². The Bertz CT molecular complexity index is 1510. The molecule has 2 aromatic heterocycles. The highest BCUT2D eigenvalue weighted by Gasteiger charge is 2.54. The van der Waals surface area contributed by atoms with Crippen LogP contribution in [0.4, 0.5) is 26.3 Å². The summed E-state index contributed by atoms with van der Waals surface area (Å²) in [5, 5.41) is 19.0. The standard InChI is InChI=1S/C27H38N4O3S2.C4F6O2/c32-23-10-9-20(26-25(23)30-27(34)36-26)11-14-29-17-18-31(21-6-3-1-2-4-7-21)24(33)13-16-28-15-12-22-8-5-19-35-22;5-3(6,7)1(11)2(12)4(8,9)10/h5,8-10,19,21,28-29,32H,1-4,6-7,11-18H2,(H,30,34);. The summed E-state index contributed by atoms with van der Waals surface area (Å²) in [6.07, 6.45) is -2.07. The van der Waals surface area contributed by atoms with Crippen molar-refractivity contribution in [2.24, 2.45) is 0 Å². The predicted octanol–water partition coefficient (Wildman–Crippen LogP) is 5.51. The highest BCUT2D eigenvalue weighted by atomic mass is 32.1. The summed E-state index contributed by atoms with van der Waals surface area (Å²) in [4.78, 5) is 50.3. The van der Waals surface area contributed by atoms with Gasteiger partial charge in [-0.15, -0.1) is 11.3 Å². The number of aromatic hydroxyl groups is 1.